The summed E-state index contributed by atoms with van der Waals surface area (Å²) in [5.74, 6) is -0.716. The Kier molecular flexibility index (Phi) is 8.15. The molecule has 0 unspecified atom stereocenters. The van der Waals surface area contributed by atoms with Crippen molar-refractivity contribution in [3.05, 3.63) is 132 Å². The monoisotopic (exact) mass is 602 g/mol. The van der Waals surface area contributed by atoms with E-state index in [4.69, 9.17) is 4.74 Å². The van der Waals surface area contributed by atoms with Crippen LogP contribution in [-0.4, -0.2) is 38.9 Å². The quantitative estimate of drug-likeness (QED) is 0.137. The number of thiazole rings is 1. The number of carboxylic acid groups (broad SMARTS) is 1. The Balaban J connectivity index is 1.12. The Labute approximate surface area is 256 Å². The molecule has 6 rings (SSSR count). The van der Waals surface area contributed by atoms with Crippen LogP contribution < -0.4 is 15.4 Å². The summed E-state index contributed by atoms with van der Waals surface area (Å²) < 4.78 is 5.85. The van der Waals surface area contributed by atoms with Crippen LogP contribution in [0.1, 0.15) is 25.6 Å². The number of aliphatic carboxylic acids is 1. The number of ether oxygens (including phenoxy) is 1. The van der Waals surface area contributed by atoms with Gasteiger partial charge in [0.05, 0.1) is 6.20 Å². The summed E-state index contributed by atoms with van der Waals surface area (Å²) >= 11 is 1.18. The molecule has 0 radical (unpaired) electrons. The van der Waals surface area contributed by atoms with Crippen LogP contribution in [-0.2, 0) is 11.2 Å². The molecular weight excluding hydrogens is 576 g/mol. The molecule has 0 spiro atoms. The van der Waals surface area contributed by atoms with E-state index < -0.39 is 17.9 Å². The summed E-state index contributed by atoms with van der Waals surface area (Å²) in [5.41, 5.74) is 3.17. The van der Waals surface area contributed by atoms with E-state index in [9.17, 15) is 19.5 Å². The number of para-hydroxylation sites is 2. The first-order valence-electron chi connectivity index (χ1n) is 13.7. The number of nitrogens with one attached hydrogen (secondary N) is 3. The van der Waals surface area contributed by atoms with E-state index in [1.807, 2.05) is 54.6 Å². The Hall–Kier alpha value is -5.74. The number of carbonyl (C=O) groups excluding carboxylic acids is 2. The first-order chi connectivity index (χ1) is 21.4. The largest absolute Gasteiger partial charge is 0.480 e. The molecule has 0 saturated heterocycles. The first kappa shape index (κ1) is 28.4. The maximum atomic E-state index is 13.1. The summed E-state index contributed by atoms with van der Waals surface area (Å²) in [6, 6.07) is 29.6. The zero-order valence-electron chi connectivity index (χ0n) is 23.2. The van der Waals surface area contributed by atoms with E-state index in [0.29, 0.717) is 32.6 Å². The van der Waals surface area contributed by atoms with Crippen LogP contribution in [0.25, 0.3) is 21.5 Å². The number of nitrogens with zero attached hydrogens (tertiary/aromatic N) is 1. The highest BCUT2D eigenvalue weighted by Gasteiger charge is 2.23. The Morgan fingerprint density at radius 3 is 2.48 bits per heavy atom. The lowest BCUT2D eigenvalue weighted by molar-refractivity contribution is -0.139. The molecule has 1 atom stereocenters. The van der Waals surface area contributed by atoms with Crippen molar-refractivity contribution in [1.82, 2.24) is 15.3 Å². The third kappa shape index (κ3) is 6.50. The molecule has 9 nitrogen and oxygen atoms in total. The molecule has 10 heteroatoms. The van der Waals surface area contributed by atoms with Crippen LogP contribution in [0.15, 0.2) is 116 Å². The van der Waals surface area contributed by atoms with Gasteiger partial charge in [-0.15, -0.1) is 11.3 Å². The van der Waals surface area contributed by atoms with Gasteiger partial charge < -0.3 is 25.5 Å². The molecule has 44 heavy (non-hydrogen) atoms. The van der Waals surface area contributed by atoms with Crippen molar-refractivity contribution in [2.24, 2.45) is 0 Å². The molecule has 0 aliphatic rings. The molecular formula is C34H26N4O5S. The molecule has 4 aromatic carbocycles. The lowest BCUT2D eigenvalue weighted by Crippen LogP contribution is -2.42. The second-order valence-corrected chi connectivity index (χ2v) is 11.0. The van der Waals surface area contributed by atoms with Crippen molar-refractivity contribution < 1.29 is 24.2 Å². The predicted molar refractivity (Wildman–Crippen MR) is 169 cm³/mol. The van der Waals surface area contributed by atoms with Gasteiger partial charge in [0.2, 0.25) is 0 Å². The molecule has 0 aliphatic heterocycles. The number of aromatic nitrogens is 2. The summed E-state index contributed by atoms with van der Waals surface area (Å²) in [4.78, 5) is 46.1. The average molecular weight is 603 g/mol. The highest BCUT2D eigenvalue weighted by atomic mass is 32.1. The summed E-state index contributed by atoms with van der Waals surface area (Å²) in [7, 11) is 0. The highest BCUT2D eigenvalue weighted by Crippen LogP contribution is 2.28. The predicted octanol–water partition coefficient (Wildman–Crippen LogP) is 6.76. The van der Waals surface area contributed by atoms with Crippen LogP contribution in [0, 0.1) is 0 Å². The number of benzene rings is 4. The summed E-state index contributed by atoms with van der Waals surface area (Å²) in [5, 5.41) is 16.8. The minimum Gasteiger partial charge on any atom is -0.480 e. The summed E-state index contributed by atoms with van der Waals surface area (Å²) in [6.45, 7) is 0. The number of hydrogen-bond donors (Lipinski definition) is 4. The standard InChI is InChI=1S/C34H26N4O5S/c39-31(38-29(34(41)42)17-23-19-35-28-15-5-4-14-27(23)28)21-8-6-9-22(16-21)33-36-20-30(44-33)32(40)37-24-10-7-13-26(18-24)43-25-11-2-1-3-12-25/h1-16,18-20,29,35H,17H2,(H,37,40)(H,38,39)(H,41,42)/t29-/m0/s1. The van der Waals surface area contributed by atoms with E-state index in [0.717, 1.165) is 16.5 Å². The third-order valence-corrected chi connectivity index (χ3v) is 7.92. The van der Waals surface area contributed by atoms with Crippen molar-refractivity contribution in [3.8, 4) is 22.1 Å². The number of H-pyrrole nitrogens is 1. The maximum Gasteiger partial charge on any atom is 0.326 e. The van der Waals surface area contributed by atoms with E-state index >= 15 is 0 Å². The molecule has 4 N–H and O–H groups in total. The van der Waals surface area contributed by atoms with Crippen molar-refractivity contribution in [1.29, 1.82) is 0 Å². The van der Waals surface area contributed by atoms with E-state index in [2.05, 4.69) is 20.6 Å². The number of fused-ring (bicyclic) bond motifs is 1. The Morgan fingerprint density at radius 1 is 0.864 bits per heavy atom. The number of rotatable bonds is 10. The third-order valence-electron chi connectivity index (χ3n) is 6.87. The van der Waals surface area contributed by atoms with E-state index in [1.165, 1.54) is 17.5 Å². The second-order valence-electron chi connectivity index (χ2n) is 9.94. The average Bonchev–Trinajstić information content (AvgIpc) is 3.70. The van der Waals surface area contributed by atoms with Gasteiger partial charge in [-0.2, -0.15) is 0 Å². The molecule has 218 valence electrons. The molecule has 0 bridgehead atoms. The highest BCUT2D eigenvalue weighted by molar-refractivity contribution is 7.17. The van der Waals surface area contributed by atoms with Crippen molar-refractivity contribution in [2.75, 3.05) is 5.32 Å². The van der Waals surface area contributed by atoms with E-state index in [-0.39, 0.29) is 17.9 Å². The Bertz CT molecular complexity index is 1970. The molecule has 2 amide bonds. The molecule has 2 aromatic heterocycles. The van der Waals surface area contributed by atoms with Gasteiger partial charge in [0, 0.05) is 46.4 Å². The second kappa shape index (κ2) is 12.6. The number of aromatic amines is 1. The van der Waals surface area contributed by atoms with Gasteiger partial charge in [-0.3, -0.25) is 9.59 Å². The SMILES string of the molecule is O=C(N[C@@H](Cc1c[nH]c2ccccc12)C(=O)O)c1cccc(-c2ncc(C(=O)Nc3cccc(Oc4ccccc4)c3)s2)c1. The summed E-state index contributed by atoms with van der Waals surface area (Å²) in [6.07, 6.45) is 3.36. The van der Waals surface area contributed by atoms with E-state index in [1.54, 1.807) is 54.7 Å². The van der Waals surface area contributed by atoms with Crippen LogP contribution in [0.3, 0.4) is 0 Å². The van der Waals surface area contributed by atoms with Crippen LogP contribution >= 0.6 is 11.3 Å². The smallest absolute Gasteiger partial charge is 0.326 e. The molecule has 2 heterocycles. The van der Waals surface area contributed by atoms with Gasteiger partial charge in [-0.1, -0.05) is 54.6 Å². The number of anilines is 1. The van der Waals surface area contributed by atoms with Gasteiger partial charge in [-0.05, 0) is 48.0 Å². The molecule has 6 aromatic rings. The van der Waals surface area contributed by atoms with Gasteiger partial charge in [0.1, 0.15) is 27.4 Å². The fourth-order valence-corrected chi connectivity index (χ4v) is 5.53. The normalized spacial score (nSPS) is 11.5. The van der Waals surface area contributed by atoms with Gasteiger partial charge in [0.25, 0.3) is 11.8 Å². The molecule has 0 fully saturated rings. The minimum atomic E-state index is -1.13. The van der Waals surface area contributed by atoms with Crippen LogP contribution in [0.2, 0.25) is 0 Å². The van der Waals surface area contributed by atoms with Crippen molar-refractivity contribution in [3.63, 3.8) is 0 Å². The number of hydrogen-bond acceptors (Lipinski definition) is 6. The zero-order chi connectivity index (χ0) is 30.5. The van der Waals surface area contributed by atoms with Gasteiger partial charge in [0.15, 0.2) is 0 Å². The number of amides is 2. The lowest BCUT2D eigenvalue weighted by Gasteiger charge is -2.14. The van der Waals surface area contributed by atoms with Crippen molar-refractivity contribution in [2.45, 2.75) is 12.5 Å². The number of carbonyl (C=O) groups is 3. The zero-order valence-corrected chi connectivity index (χ0v) is 24.0. The fraction of sp³-hybridized carbons (Fsp3) is 0.0588. The van der Waals surface area contributed by atoms with Gasteiger partial charge >= 0.3 is 5.97 Å². The Morgan fingerprint density at radius 2 is 1.64 bits per heavy atom. The van der Waals surface area contributed by atoms with Crippen molar-refractivity contribution >= 4 is 45.7 Å². The first-order valence-corrected chi connectivity index (χ1v) is 14.5. The molecule has 0 saturated carbocycles. The topological polar surface area (TPSA) is 133 Å². The number of carboxylic acids is 1. The molecule has 0 aliphatic carbocycles. The van der Waals surface area contributed by atoms with Gasteiger partial charge in [-0.25, -0.2) is 9.78 Å². The minimum absolute atomic E-state index is 0.122. The maximum absolute atomic E-state index is 13.1. The lowest BCUT2D eigenvalue weighted by atomic mass is 10.0. The van der Waals surface area contributed by atoms with Crippen LogP contribution in [0.4, 0.5) is 5.69 Å². The fourth-order valence-electron chi connectivity index (χ4n) is 4.72. The van der Waals surface area contributed by atoms with Crippen LogP contribution in [0.5, 0.6) is 11.5 Å².